The van der Waals surface area contributed by atoms with E-state index in [1.807, 2.05) is 35.2 Å². The van der Waals surface area contributed by atoms with E-state index in [-0.39, 0.29) is 5.91 Å². The summed E-state index contributed by atoms with van der Waals surface area (Å²) in [6.07, 6.45) is 3.89. The second-order valence-corrected chi connectivity index (χ2v) is 8.37. The summed E-state index contributed by atoms with van der Waals surface area (Å²) in [6, 6.07) is 10.0. The van der Waals surface area contributed by atoms with Crippen LogP contribution in [0.4, 0.5) is 0 Å². The Morgan fingerprint density at radius 1 is 1.31 bits per heavy atom. The van der Waals surface area contributed by atoms with Gasteiger partial charge in [0.25, 0.3) is 0 Å². The summed E-state index contributed by atoms with van der Waals surface area (Å²) in [6.45, 7) is 3.96. The van der Waals surface area contributed by atoms with Gasteiger partial charge < -0.3 is 4.90 Å². The van der Waals surface area contributed by atoms with Gasteiger partial charge in [0, 0.05) is 18.7 Å². The third-order valence-electron chi connectivity index (χ3n) is 4.61. The van der Waals surface area contributed by atoms with Crippen LogP contribution in [0.15, 0.2) is 41.7 Å². The van der Waals surface area contributed by atoms with Gasteiger partial charge >= 0.3 is 0 Å². The summed E-state index contributed by atoms with van der Waals surface area (Å²) in [4.78, 5) is 23.3. The van der Waals surface area contributed by atoms with E-state index in [2.05, 4.69) is 21.3 Å². The van der Waals surface area contributed by atoms with Crippen LogP contribution in [0.1, 0.15) is 19.8 Å². The number of carbonyl (C=O) groups is 1. The quantitative estimate of drug-likeness (QED) is 0.501. The Kier molecular flexibility index (Phi) is 5.17. The number of nitrogens with zero attached hydrogens (tertiary/aromatic N) is 4. The zero-order valence-corrected chi connectivity index (χ0v) is 16.2. The summed E-state index contributed by atoms with van der Waals surface area (Å²) < 4.78 is 5.54. The molecule has 2 aromatic heterocycles. The lowest BCUT2D eigenvalue weighted by molar-refractivity contribution is -0.130. The van der Waals surface area contributed by atoms with E-state index in [0.29, 0.717) is 11.7 Å². The normalized spacial score (nSPS) is 17.6. The van der Waals surface area contributed by atoms with Gasteiger partial charge in [0.05, 0.1) is 5.75 Å². The number of thioether (sulfide) groups is 1. The van der Waals surface area contributed by atoms with Gasteiger partial charge in [-0.2, -0.15) is 4.37 Å². The van der Waals surface area contributed by atoms with Crippen molar-refractivity contribution in [3.05, 3.63) is 36.7 Å². The monoisotopic (exact) mass is 384 g/mol. The first-order chi connectivity index (χ1) is 12.7. The molecule has 26 heavy (non-hydrogen) atoms. The fourth-order valence-electron chi connectivity index (χ4n) is 3.27. The Balaban J connectivity index is 1.52. The van der Waals surface area contributed by atoms with Crippen LogP contribution in [0.3, 0.4) is 0 Å². The average molecular weight is 385 g/mol. The maximum absolute atomic E-state index is 12.5. The van der Waals surface area contributed by atoms with E-state index in [4.69, 9.17) is 0 Å². The third kappa shape index (κ3) is 3.59. The molecule has 3 aromatic rings. The van der Waals surface area contributed by atoms with E-state index >= 15 is 0 Å². The number of piperidine rings is 1. The molecule has 1 aliphatic heterocycles. The molecule has 0 aliphatic carbocycles. The summed E-state index contributed by atoms with van der Waals surface area (Å²) in [5.74, 6) is 1.21. The standard InChI is InChI=1S/C19H20N4OS2/c1-13-6-5-9-23(10-13)15(24)11-25-19-18-17(20-12-21-19)16(22-26-18)14-7-3-2-4-8-14/h2-4,7-8,12-13H,5-6,9-11H2,1H3/t13-/m1/s1. The van der Waals surface area contributed by atoms with Gasteiger partial charge in [0.2, 0.25) is 5.91 Å². The minimum Gasteiger partial charge on any atom is -0.342 e. The van der Waals surface area contributed by atoms with Gasteiger partial charge in [-0.3, -0.25) is 4.79 Å². The van der Waals surface area contributed by atoms with E-state index in [1.54, 1.807) is 6.33 Å². The van der Waals surface area contributed by atoms with Crippen LogP contribution < -0.4 is 0 Å². The fraction of sp³-hybridized carbons (Fsp3) is 0.368. The molecule has 1 fully saturated rings. The molecular weight excluding hydrogens is 364 g/mol. The van der Waals surface area contributed by atoms with Crippen molar-refractivity contribution in [1.29, 1.82) is 0 Å². The molecule has 1 aromatic carbocycles. The maximum Gasteiger partial charge on any atom is 0.232 e. The van der Waals surface area contributed by atoms with E-state index < -0.39 is 0 Å². The van der Waals surface area contributed by atoms with Crippen LogP contribution in [0.25, 0.3) is 21.5 Å². The molecule has 1 amide bonds. The molecule has 3 heterocycles. The van der Waals surface area contributed by atoms with Crippen LogP contribution in [0.2, 0.25) is 0 Å². The molecule has 0 unspecified atom stereocenters. The van der Waals surface area contributed by atoms with Gasteiger partial charge in [0.15, 0.2) is 0 Å². The van der Waals surface area contributed by atoms with Gasteiger partial charge in [0.1, 0.15) is 27.3 Å². The number of carbonyl (C=O) groups excluding carboxylic acids is 1. The lowest BCUT2D eigenvalue weighted by Gasteiger charge is -2.30. The number of amides is 1. The summed E-state index contributed by atoms with van der Waals surface area (Å²) >= 11 is 2.89. The molecule has 0 spiro atoms. The molecule has 1 atom stereocenters. The molecule has 0 bridgehead atoms. The number of hydrogen-bond donors (Lipinski definition) is 0. The summed E-state index contributed by atoms with van der Waals surface area (Å²) in [7, 11) is 0. The summed E-state index contributed by atoms with van der Waals surface area (Å²) in [5, 5.41) is 0.841. The Bertz CT molecular complexity index is 912. The first kappa shape index (κ1) is 17.4. The highest BCUT2D eigenvalue weighted by molar-refractivity contribution is 8.00. The highest BCUT2D eigenvalue weighted by Crippen LogP contribution is 2.34. The predicted molar refractivity (Wildman–Crippen MR) is 106 cm³/mol. The SMILES string of the molecule is C[C@@H]1CCCN(C(=O)CSc2ncnc3c(-c4ccccc4)nsc23)C1. The molecule has 1 aliphatic rings. The first-order valence-electron chi connectivity index (χ1n) is 8.78. The summed E-state index contributed by atoms with van der Waals surface area (Å²) in [5.41, 5.74) is 2.79. The second-order valence-electron chi connectivity index (χ2n) is 6.63. The van der Waals surface area contributed by atoms with Crippen LogP contribution >= 0.6 is 23.3 Å². The number of aromatic nitrogens is 3. The van der Waals surface area contributed by atoms with Crippen molar-refractivity contribution in [3.63, 3.8) is 0 Å². The van der Waals surface area contributed by atoms with Crippen molar-refractivity contribution in [2.45, 2.75) is 24.8 Å². The lowest BCUT2D eigenvalue weighted by atomic mass is 10.0. The van der Waals surface area contributed by atoms with Crippen LogP contribution in [-0.2, 0) is 4.79 Å². The van der Waals surface area contributed by atoms with Crippen LogP contribution in [0, 0.1) is 5.92 Å². The highest BCUT2D eigenvalue weighted by Gasteiger charge is 2.22. The van der Waals surface area contributed by atoms with Crippen molar-refractivity contribution in [1.82, 2.24) is 19.2 Å². The smallest absolute Gasteiger partial charge is 0.232 e. The maximum atomic E-state index is 12.5. The third-order valence-corrected chi connectivity index (χ3v) is 6.56. The Labute approximate surface area is 161 Å². The number of hydrogen-bond acceptors (Lipinski definition) is 6. The largest absolute Gasteiger partial charge is 0.342 e. The number of fused-ring (bicyclic) bond motifs is 1. The molecule has 0 saturated carbocycles. The molecular formula is C19H20N4OS2. The number of likely N-dealkylation sites (tertiary alicyclic amines) is 1. The van der Waals surface area contributed by atoms with E-state index in [9.17, 15) is 4.79 Å². The Hall–Kier alpha value is -1.99. The second kappa shape index (κ2) is 7.72. The first-order valence-corrected chi connectivity index (χ1v) is 10.5. The van der Waals surface area contributed by atoms with Crippen molar-refractivity contribution in [2.75, 3.05) is 18.8 Å². The Morgan fingerprint density at radius 2 is 2.15 bits per heavy atom. The van der Waals surface area contributed by atoms with Crippen molar-refractivity contribution in [2.24, 2.45) is 5.92 Å². The molecule has 7 heteroatoms. The number of benzene rings is 1. The molecule has 134 valence electrons. The minimum absolute atomic E-state index is 0.195. The van der Waals surface area contributed by atoms with Gasteiger partial charge in [-0.05, 0) is 30.3 Å². The van der Waals surface area contributed by atoms with Crippen molar-refractivity contribution >= 4 is 39.4 Å². The zero-order valence-electron chi connectivity index (χ0n) is 14.6. The van der Waals surface area contributed by atoms with Gasteiger partial charge in [-0.15, -0.1) is 0 Å². The van der Waals surface area contributed by atoms with E-state index in [1.165, 1.54) is 29.7 Å². The van der Waals surface area contributed by atoms with Gasteiger partial charge in [-0.1, -0.05) is 49.0 Å². The molecule has 1 saturated heterocycles. The van der Waals surface area contributed by atoms with Crippen molar-refractivity contribution < 1.29 is 4.79 Å². The molecule has 4 rings (SSSR count). The van der Waals surface area contributed by atoms with Gasteiger partial charge in [-0.25, -0.2) is 9.97 Å². The number of rotatable bonds is 4. The highest BCUT2D eigenvalue weighted by atomic mass is 32.2. The molecule has 0 N–H and O–H groups in total. The molecule has 0 radical (unpaired) electrons. The predicted octanol–water partition coefficient (Wildman–Crippen LogP) is 4.10. The lowest BCUT2D eigenvalue weighted by Crippen LogP contribution is -2.40. The topological polar surface area (TPSA) is 59.0 Å². The van der Waals surface area contributed by atoms with Crippen molar-refractivity contribution in [3.8, 4) is 11.3 Å². The minimum atomic E-state index is 0.195. The van der Waals surface area contributed by atoms with E-state index in [0.717, 1.165) is 46.0 Å². The van der Waals surface area contributed by atoms with Crippen LogP contribution in [-0.4, -0.2) is 44.0 Å². The zero-order chi connectivity index (χ0) is 17.9. The average Bonchev–Trinajstić information content (AvgIpc) is 3.11. The molecule has 5 nitrogen and oxygen atoms in total. The Morgan fingerprint density at radius 3 is 2.96 bits per heavy atom. The fourth-order valence-corrected chi connectivity index (χ4v) is 5.09. The van der Waals surface area contributed by atoms with Crippen LogP contribution in [0.5, 0.6) is 0 Å².